The first-order valence-electron chi connectivity index (χ1n) is 9.84. The smallest absolute Gasteiger partial charge is 0.315 e. The number of benzene rings is 2. The monoisotopic (exact) mass is 437 g/mol. The van der Waals surface area contributed by atoms with E-state index < -0.39 is 4.92 Å². The molecule has 0 aliphatic rings. The number of nitro benzene ring substituents is 1. The largest absolute Gasteiger partial charge is 0.493 e. The maximum atomic E-state index is 11.7. The van der Waals surface area contributed by atoms with E-state index in [1.807, 2.05) is 38.1 Å². The molecule has 0 saturated carbocycles. The van der Waals surface area contributed by atoms with Gasteiger partial charge in [0, 0.05) is 23.4 Å². The topological polar surface area (TPSA) is 132 Å². The molecule has 0 amide bonds. The number of rotatable bonds is 9. The first kappa shape index (κ1) is 22.5. The molecule has 1 heterocycles. The van der Waals surface area contributed by atoms with Crippen LogP contribution in [0.4, 0.5) is 11.6 Å². The first-order valence-corrected chi connectivity index (χ1v) is 9.84. The van der Waals surface area contributed by atoms with Crippen LogP contribution in [0.5, 0.6) is 11.5 Å². The summed E-state index contributed by atoms with van der Waals surface area (Å²) in [5.41, 5.74) is 5.01. The van der Waals surface area contributed by atoms with Gasteiger partial charge in [-0.15, -0.1) is 0 Å². The number of hydrogen-bond acceptors (Lipinski definition) is 8. The van der Waals surface area contributed by atoms with Gasteiger partial charge in [0.1, 0.15) is 6.61 Å². The lowest BCUT2D eigenvalue weighted by Gasteiger charge is -2.13. The van der Waals surface area contributed by atoms with Crippen molar-refractivity contribution in [2.45, 2.75) is 26.9 Å². The predicted octanol–water partition coefficient (Wildman–Crippen LogP) is 3.58. The summed E-state index contributed by atoms with van der Waals surface area (Å²) in [5, 5.41) is 15.7. The van der Waals surface area contributed by atoms with E-state index in [0.717, 1.165) is 11.1 Å². The molecule has 166 valence electrons. The standard InChI is InChI=1S/C22H23N5O5/c1-4-17-11-20(28)25-22(24-17)26-23-12-15-9-18(27(29)30)21(19(10-15)31-3)32-13-16-8-6-5-7-14(16)2/h5-12H,4,13H2,1-3H3,(H2,24,25,26,28)/b23-12-. The van der Waals surface area contributed by atoms with E-state index in [1.54, 1.807) is 6.07 Å². The van der Waals surface area contributed by atoms with Crippen LogP contribution in [-0.2, 0) is 13.0 Å². The Morgan fingerprint density at radius 1 is 1.28 bits per heavy atom. The number of nitro groups is 1. The molecule has 0 bridgehead atoms. The Bertz CT molecular complexity index is 1210. The minimum Gasteiger partial charge on any atom is -0.493 e. The van der Waals surface area contributed by atoms with Crippen molar-refractivity contribution in [1.29, 1.82) is 0 Å². The molecule has 2 aromatic carbocycles. The van der Waals surface area contributed by atoms with Crippen molar-refractivity contribution in [2.24, 2.45) is 5.10 Å². The molecule has 0 aliphatic carbocycles. The summed E-state index contributed by atoms with van der Waals surface area (Å²) in [6.45, 7) is 3.98. The average molecular weight is 437 g/mol. The predicted molar refractivity (Wildman–Crippen MR) is 121 cm³/mol. The minimum atomic E-state index is -0.537. The van der Waals surface area contributed by atoms with Gasteiger partial charge in [-0.3, -0.25) is 19.9 Å². The molecule has 3 rings (SSSR count). The van der Waals surface area contributed by atoms with E-state index in [9.17, 15) is 14.9 Å². The fourth-order valence-corrected chi connectivity index (χ4v) is 2.95. The van der Waals surface area contributed by atoms with Crippen LogP contribution in [0.15, 0.2) is 52.4 Å². The van der Waals surface area contributed by atoms with Crippen molar-refractivity contribution >= 4 is 17.9 Å². The van der Waals surface area contributed by atoms with Crippen molar-refractivity contribution in [3.8, 4) is 11.5 Å². The molecule has 10 nitrogen and oxygen atoms in total. The molecule has 0 radical (unpaired) electrons. The molecular weight excluding hydrogens is 414 g/mol. The third-order valence-corrected chi connectivity index (χ3v) is 4.65. The number of anilines is 1. The van der Waals surface area contributed by atoms with Crippen LogP contribution in [-0.4, -0.2) is 28.2 Å². The molecule has 0 fully saturated rings. The zero-order valence-electron chi connectivity index (χ0n) is 17.9. The number of methoxy groups -OCH3 is 1. The number of nitrogens with one attached hydrogen (secondary N) is 2. The molecule has 0 atom stereocenters. The van der Waals surface area contributed by atoms with Gasteiger partial charge in [0.25, 0.3) is 5.56 Å². The number of hydrogen-bond donors (Lipinski definition) is 2. The van der Waals surface area contributed by atoms with E-state index in [-0.39, 0.29) is 35.3 Å². The Morgan fingerprint density at radius 2 is 2.06 bits per heavy atom. The number of aromatic nitrogens is 2. The maximum Gasteiger partial charge on any atom is 0.315 e. The Morgan fingerprint density at radius 3 is 2.75 bits per heavy atom. The van der Waals surface area contributed by atoms with Gasteiger partial charge in [-0.25, -0.2) is 10.4 Å². The second kappa shape index (κ2) is 10.2. The Hall–Kier alpha value is -4.21. The Balaban J connectivity index is 1.85. The van der Waals surface area contributed by atoms with Gasteiger partial charge in [0.15, 0.2) is 5.75 Å². The molecular formula is C22H23N5O5. The van der Waals surface area contributed by atoms with Crippen molar-refractivity contribution in [3.63, 3.8) is 0 Å². The van der Waals surface area contributed by atoms with Crippen LogP contribution < -0.4 is 20.5 Å². The van der Waals surface area contributed by atoms with Crippen LogP contribution in [0.2, 0.25) is 0 Å². The van der Waals surface area contributed by atoms with E-state index in [0.29, 0.717) is 17.7 Å². The van der Waals surface area contributed by atoms with Crippen molar-refractivity contribution in [3.05, 3.63) is 85.3 Å². The lowest BCUT2D eigenvalue weighted by atomic mass is 10.1. The van der Waals surface area contributed by atoms with Gasteiger partial charge in [-0.05, 0) is 30.5 Å². The number of ether oxygens (including phenoxy) is 2. The number of H-pyrrole nitrogens is 1. The van der Waals surface area contributed by atoms with Gasteiger partial charge in [0.05, 0.1) is 18.2 Å². The number of hydrazone groups is 1. The third-order valence-electron chi connectivity index (χ3n) is 4.65. The summed E-state index contributed by atoms with van der Waals surface area (Å²) in [6.07, 6.45) is 1.95. The molecule has 32 heavy (non-hydrogen) atoms. The average Bonchev–Trinajstić information content (AvgIpc) is 2.78. The molecule has 0 aliphatic heterocycles. The van der Waals surface area contributed by atoms with Gasteiger partial charge in [-0.2, -0.15) is 5.10 Å². The van der Waals surface area contributed by atoms with Crippen LogP contribution in [0.3, 0.4) is 0 Å². The zero-order chi connectivity index (χ0) is 23.1. The highest BCUT2D eigenvalue weighted by atomic mass is 16.6. The molecule has 0 saturated heterocycles. The fourth-order valence-electron chi connectivity index (χ4n) is 2.95. The quantitative estimate of drug-likeness (QED) is 0.297. The van der Waals surface area contributed by atoms with E-state index in [4.69, 9.17) is 9.47 Å². The summed E-state index contributed by atoms with van der Waals surface area (Å²) < 4.78 is 11.1. The molecule has 0 spiro atoms. The van der Waals surface area contributed by atoms with Crippen LogP contribution in [0.1, 0.15) is 29.3 Å². The van der Waals surface area contributed by atoms with Crippen molar-refractivity contribution < 1.29 is 14.4 Å². The second-order valence-corrected chi connectivity index (χ2v) is 6.85. The van der Waals surface area contributed by atoms with E-state index >= 15 is 0 Å². The lowest BCUT2D eigenvalue weighted by molar-refractivity contribution is -0.386. The number of aromatic amines is 1. The van der Waals surface area contributed by atoms with E-state index in [1.165, 1.54) is 25.5 Å². The van der Waals surface area contributed by atoms with Gasteiger partial charge in [-0.1, -0.05) is 31.2 Å². The SMILES string of the molecule is CCc1cc(=O)[nH]c(N/N=C\c2cc(OC)c(OCc3ccccc3C)c([N+](=O)[O-])c2)n1. The molecule has 2 N–H and O–H groups in total. The third kappa shape index (κ3) is 5.48. The highest BCUT2D eigenvalue weighted by Gasteiger charge is 2.22. The lowest BCUT2D eigenvalue weighted by Crippen LogP contribution is -2.11. The van der Waals surface area contributed by atoms with Crippen molar-refractivity contribution in [2.75, 3.05) is 12.5 Å². The fraction of sp³-hybridized carbons (Fsp3) is 0.227. The molecule has 10 heteroatoms. The summed E-state index contributed by atoms with van der Waals surface area (Å²) in [6, 6.07) is 11.9. The molecule has 0 unspecified atom stereocenters. The summed E-state index contributed by atoms with van der Waals surface area (Å²) in [5.74, 6) is 0.409. The highest BCUT2D eigenvalue weighted by molar-refractivity contribution is 5.83. The van der Waals surface area contributed by atoms with Gasteiger partial charge < -0.3 is 9.47 Å². The summed E-state index contributed by atoms with van der Waals surface area (Å²) in [4.78, 5) is 29.5. The van der Waals surface area contributed by atoms with Gasteiger partial charge >= 0.3 is 5.69 Å². The summed E-state index contributed by atoms with van der Waals surface area (Å²) in [7, 11) is 1.41. The van der Waals surface area contributed by atoms with Crippen molar-refractivity contribution in [1.82, 2.24) is 9.97 Å². The normalized spacial score (nSPS) is 10.8. The van der Waals surface area contributed by atoms with Gasteiger partial charge in [0.2, 0.25) is 11.7 Å². The Labute approximate surface area is 184 Å². The second-order valence-electron chi connectivity index (χ2n) is 6.85. The number of aryl methyl sites for hydroxylation is 2. The zero-order valence-corrected chi connectivity index (χ0v) is 17.9. The Kier molecular flexibility index (Phi) is 7.17. The molecule has 1 aromatic heterocycles. The first-order chi connectivity index (χ1) is 15.4. The van der Waals surface area contributed by atoms with Crippen LogP contribution in [0, 0.1) is 17.0 Å². The number of nitrogens with zero attached hydrogens (tertiary/aromatic N) is 3. The van der Waals surface area contributed by atoms with E-state index in [2.05, 4.69) is 20.5 Å². The highest BCUT2D eigenvalue weighted by Crippen LogP contribution is 2.38. The minimum absolute atomic E-state index is 0.0347. The van der Waals surface area contributed by atoms with Crippen LogP contribution >= 0.6 is 0 Å². The maximum absolute atomic E-state index is 11.7. The molecule has 3 aromatic rings. The van der Waals surface area contributed by atoms with Crippen LogP contribution in [0.25, 0.3) is 0 Å². The summed E-state index contributed by atoms with van der Waals surface area (Å²) >= 11 is 0.